The molecule has 1 fully saturated rings. The second kappa shape index (κ2) is 8.76. The molecular weight excluding hydrogens is 378 g/mol. The van der Waals surface area contributed by atoms with Gasteiger partial charge in [0.2, 0.25) is 0 Å². The maximum absolute atomic E-state index is 13.3. The van der Waals surface area contributed by atoms with Crippen LogP contribution in [0.5, 0.6) is 0 Å². The summed E-state index contributed by atoms with van der Waals surface area (Å²) >= 11 is 0. The van der Waals surface area contributed by atoms with Crippen molar-refractivity contribution in [1.82, 2.24) is 14.8 Å². The Labute approximate surface area is 177 Å². The Kier molecular flexibility index (Phi) is 5.91. The second-order valence-corrected chi connectivity index (χ2v) is 7.76. The number of hydrogen-bond donors (Lipinski definition) is 1. The number of carbonyl (C=O) groups excluding carboxylic acids is 2. The molecule has 2 amide bonds. The SMILES string of the molecule is C#CC1CCCN1C(=O)c1cc(C(=O)NC(CC)c2ccccc2)c2n1CCOC2. The van der Waals surface area contributed by atoms with E-state index in [0.29, 0.717) is 37.6 Å². The van der Waals surface area contributed by atoms with Gasteiger partial charge in [-0.15, -0.1) is 6.42 Å². The number of amides is 2. The zero-order valence-corrected chi connectivity index (χ0v) is 17.3. The molecule has 6 nitrogen and oxygen atoms in total. The standard InChI is InChI=1S/C24H27N3O3/c1-3-18-11-8-12-26(18)24(29)21-15-19(22-16-30-14-13-27(21)22)23(28)25-20(4-2)17-9-6-5-7-10-17/h1,5-7,9-10,15,18,20H,4,8,11-14,16H2,2H3,(H,25,28). The lowest BCUT2D eigenvalue weighted by Gasteiger charge is -2.24. The summed E-state index contributed by atoms with van der Waals surface area (Å²) in [5.41, 5.74) is 2.83. The molecule has 1 aromatic heterocycles. The van der Waals surface area contributed by atoms with E-state index in [4.69, 9.17) is 11.2 Å². The van der Waals surface area contributed by atoms with Crippen molar-refractivity contribution < 1.29 is 14.3 Å². The Morgan fingerprint density at radius 3 is 2.83 bits per heavy atom. The van der Waals surface area contributed by atoms with E-state index in [-0.39, 0.29) is 23.9 Å². The van der Waals surface area contributed by atoms with Crippen molar-refractivity contribution >= 4 is 11.8 Å². The molecule has 30 heavy (non-hydrogen) atoms. The van der Waals surface area contributed by atoms with Crippen LogP contribution in [0.4, 0.5) is 0 Å². The van der Waals surface area contributed by atoms with E-state index in [9.17, 15) is 9.59 Å². The van der Waals surface area contributed by atoms with E-state index >= 15 is 0 Å². The molecule has 0 aliphatic carbocycles. The molecular formula is C24H27N3O3. The predicted molar refractivity (Wildman–Crippen MR) is 114 cm³/mol. The van der Waals surface area contributed by atoms with Crippen LogP contribution in [0.2, 0.25) is 0 Å². The summed E-state index contributed by atoms with van der Waals surface area (Å²) < 4.78 is 7.53. The van der Waals surface area contributed by atoms with Gasteiger partial charge in [-0.1, -0.05) is 43.2 Å². The van der Waals surface area contributed by atoms with Crippen LogP contribution in [0, 0.1) is 12.3 Å². The van der Waals surface area contributed by atoms with E-state index in [1.54, 1.807) is 11.0 Å². The normalized spacial score (nSPS) is 19.1. The maximum atomic E-state index is 13.3. The summed E-state index contributed by atoms with van der Waals surface area (Å²) in [6, 6.07) is 11.3. The molecule has 4 rings (SSSR count). The molecule has 1 saturated heterocycles. The third-order valence-corrected chi connectivity index (χ3v) is 5.99. The first-order valence-corrected chi connectivity index (χ1v) is 10.6. The van der Waals surface area contributed by atoms with E-state index in [2.05, 4.69) is 11.2 Å². The molecule has 2 atom stereocenters. The number of benzene rings is 1. The van der Waals surface area contributed by atoms with Gasteiger partial charge in [-0.2, -0.15) is 0 Å². The van der Waals surface area contributed by atoms with Gasteiger partial charge in [-0.05, 0) is 30.9 Å². The zero-order chi connectivity index (χ0) is 21.1. The second-order valence-electron chi connectivity index (χ2n) is 7.76. The summed E-state index contributed by atoms with van der Waals surface area (Å²) in [6.45, 7) is 4.07. The highest BCUT2D eigenvalue weighted by Crippen LogP contribution is 2.26. The van der Waals surface area contributed by atoms with E-state index in [1.807, 2.05) is 41.8 Å². The number of rotatable bonds is 5. The van der Waals surface area contributed by atoms with Crippen molar-refractivity contribution in [2.75, 3.05) is 13.2 Å². The predicted octanol–water partition coefficient (Wildman–Crippen LogP) is 3.14. The molecule has 2 aliphatic rings. The highest BCUT2D eigenvalue weighted by Gasteiger charge is 2.33. The number of terminal acetylenes is 1. The van der Waals surface area contributed by atoms with Gasteiger partial charge in [0.05, 0.1) is 36.6 Å². The van der Waals surface area contributed by atoms with Crippen LogP contribution < -0.4 is 5.32 Å². The first-order chi connectivity index (χ1) is 14.6. The number of nitrogens with one attached hydrogen (secondary N) is 1. The molecule has 3 heterocycles. The molecule has 0 bridgehead atoms. The van der Waals surface area contributed by atoms with Crippen LogP contribution in [-0.2, 0) is 17.9 Å². The lowest BCUT2D eigenvalue weighted by atomic mass is 10.0. The highest BCUT2D eigenvalue weighted by atomic mass is 16.5. The van der Waals surface area contributed by atoms with Crippen molar-refractivity contribution in [2.24, 2.45) is 0 Å². The molecule has 2 aromatic rings. The summed E-state index contributed by atoms with van der Waals surface area (Å²) in [5.74, 6) is 2.43. The molecule has 0 spiro atoms. The Balaban J connectivity index is 1.63. The fourth-order valence-electron chi connectivity index (χ4n) is 4.37. The number of hydrogen-bond acceptors (Lipinski definition) is 3. The van der Waals surface area contributed by atoms with Crippen LogP contribution in [0.25, 0.3) is 0 Å². The minimum Gasteiger partial charge on any atom is -0.373 e. The number of aromatic nitrogens is 1. The van der Waals surface area contributed by atoms with Gasteiger partial charge >= 0.3 is 0 Å². The lowest BCUT2D eigenvalue weighted by molar-refractivity contribution is 0.0697. The maximum Gasteiger partial charge on any atom is 0.271 e. The molecule has 2 unspecified atom stereocenters. The third kappa shape index (κ3) is 3.73. The van der Waals surface area contributed by atoms with Gasteiger partial charge in [-0.25, -0.2) is 0 Å². The van der Waals surface area contributed by atoms with E-state index in [0.717, 1.165) is 30.5 Å². The number of fused-ring (bicyclic) bond motifs is 1. The van der Waals surface area contributed by atoms with Gasteiger partial charge in [-0.3, -0.25) is 9.59 Å². The fraction of sp³-hybridized carbons (Fsp3) is 0.417. The first-order valence-electron chi connectivity index (χ1n) is 10.6. The first kappa shape index (κ1) is 20.2. The quantitative estimate of drug-likeness (QED) is 0.778. The van der Waals surface area contributed by atoms with Gasteiger partial charge in [0, 0.05) is 13.1 Å². The summed E-state index contributed by atoms with van der Waals surface area (Å²) in [7, 11) is 0. The molecule has 2 aliphatic heterocycles. The molecule has 1 N–H and O–H groups in total. The Bertz CT molecular complexity index is 974. The minimum absolute atomic E-state index is 0.0951. The fourth-order valence-corrected chi connectivity index (χ4v) is 4.37. The molecule has 1 aromatic carbocycles. The number of ether oxygens (including phenoxy) is 1. The van der Waals surface area contributed by atoms with Gasteiger partial charge in [0.25, 0.3) is 11.8 Å². The zero-order valence-electron chi connectivity index (χ0n) is 17.3. The van der Waals surface area contributed by atoms with Crippen LogP contribution in [0.1, 0.15) is 64.3 Å². The van der Waals surface area contributed by atoms with Crippen molar-refractivity contribution in [2.45, 2.75) is 51.4 Å². The van der Waals surface area contributed by atoms with Crippen LogP contribution in [-0.4, -0.2) is 40.5 Å². The molecule has 156 valence electrons. The Hall–Kier alpha value is -3.04. The smallest absolute Gasteiger partial charge is 0.271 e. The largest absolute Gasteiger partial charge is 0.373 e. The molecule has 6 heteroatoms. The molecule has 0 radical (unpaired) electrons. The van der Waals surface area contributed by atoms with Gasteiger partial charge in [0.1, 0.15) is 5.69 Å². The monoisotopic (exact) mass is 405 g/mol. The lowest BCUT2D eigenvalue weighted by Crippen LogP contribution is -2.36. The molecule has 0 saturated carbocycles. The Morgan fingerprint density at radius 1 is 1.30 bits per heavy atom. The van der Waals surface area contributed by atoms with Crippen LogP contribution >= 0.6 is 0 Å². The van der Waals surface area contributed by atoms with Gasteiger partial charge in [0.15, 0.2) is 0 Å². The van der Waals surface area contributed by atoms with E-state index < -0.39 is 0 Å². The van der Waals surface area contributed by atoms with Crippen molar-refractivity contribution in [3.8, 4) is 12.3 Å². The summed E-state index contributed by atoms with van der Waals surface area (Å²) in [5, 5.41) is 3.13. The topological polar surface area (TPSA) is 63.6 Å². The minimum atomic E-state index is -0.186. The van der Waals surface area contributed by atoms with Crippen molar-refractivity contribution in [3.63, 3.8) is 0 Å². The van der Waals surface area contributed by atoms with Crippen molar-refractivity contribution in [1.29, 1.82) is 0 Å². The Morgan fingerprint density at radius 2 is 2.10 bits per heavy atom. The van der Waals surface area contributed by atoms with Crippen LogP contribution in [0.3, 0.4) is 0 Å². The number of carbonyl (C=O) groups is 2. The van der Waals surface area contributed by atoms with Gasteiger partial charge < -0.3 is 19.5 Å². The third-order valence-electron chi connectivity index (χ3n) is 5.99. The average Bonchev–Trinajstić information content (AvgIpc) is 3.42. The number of nitrogens with zero attached hydrogens (tertiary/aromatic N) is 2. The summed E-state index contributed by atoms with van der Waals surface area (Å²) in [6.07, 6.45) is 8.12. The summed E-state index contributed by atoms with van der Waals surface area (Å²) in [4.78, 5) is 28.2. The van der Waals surface area contributed by atoms with Crippen LogP contribution in [0.15, 0.2) is 36.4 Å². The van der Waals surface area contributed by atoms with Crippen molar-refractivity contribution in [3.05, 3.63) is 58.9 Å². The van der Waals surface area contributed by atoms with E-state index in [1.165, 1.54) is 0 Å². The highest BCUT2D eigenvalue weighted by molar-refractivity contribution is 6.01. The number of likely N-dealkylation sites (tertiary alicyclic amines) is 1. The average molecular weight is 405 g/mol.